The van der Waals surface area contributed by atoms with E-state index in [9.17, 15) is 13.2 Å². The Labute approximate surface area is 136 Å². The summed E-state index contributed by atoms with van der Waals surface area (Å²) in [6.45, 7) is 1.02. The van der Waals surface area contributed by atoms with Gasteiger partial charge in [-0.15, -0.1) is 0 Å². The fraction of sp³-hybridized carbons (Fsp3) is 0.400. The van der Waals surface area contributed by atoms with Gasteiger partial charge < -0.3 is 4.90 Å². The smallest absolute Gasteiger partial charge is 0.246 e. The summed E-state index contributed by atoms with van der Waals surface area (Å²) in [6.07, 6.45) is 5.80. The Bertz CT molecular complexity index is 673. The summed E-state index contributed by atoms with van der Waals surface area (Å²) >= 11 is 6.04. The first-order valence-corrected chi connectivity index (χ1v) is 9.31. The molecular formula is C15H19ClN2O3S. The first kappa shape index (κ1) is 17.0. The lowest BCUT2D eigenvalue weighted by Gasteiger charge is -2.32. The molecule has 0 spiro atoms. The van der Waals surface area contributed by atoms with Gasteiger partial charge in [0.2, 0.25) is 15.9 Å². The number of amides is 1. The van der Waals surface area contributed by atoms with Crippen molar-refractivity contribution in [1.82, 2.24) is 9.62 Å². The van der Waals surface area contributed by atoms with E-state index in [1.54, 1.807) is 17.0 Å². The molecule has 1 aromatic carbocycles. The van der Waals surface area contributed by atoms with E-state index in [2.05, 4.69) is 4.72 Å². The monoisotopic (exact) mass is 342 g/mol. The highest BCUT2D eigenvalue weighted by molar-refractivity contribution is 7.88. The van der Waals surface area contributed by atoms with Gasteiger partial charge >= 0.3 is 0 Å². The molecule has 0 bridgehead atoms. The molecule has 1 aliphatic rings. The lowest BCUT2D eigenvalue weighted by atomic mass is 10.1. The summed E-state index contributed by atoms with van der Waals surface area (Å²) in [5, 5.41) is 0.585. The maximum absolute atomic E-state index is 12.2. The maximum atomic E-state index is 12.2. The zero-order chi connectivity index (χ0) is 16.2. The van der Waals surface area contributed by atoms with Crippen molar-refractivity contribution in [2.75, 3.05) is 19.3 Å². The molecule has 1 aromatic rings. The molecule has 7 heteroatoms. The van der Waals surface area contributed by atoms with Gasteiger partial charge in [-0.25, -0.2) is 13.1 Å². The fourth-order valence-electron chi connectivity index (χ4n) is 2.45. The Morgan fingerprint density at radius 3 is 2.82 bits per heavy atom. The third-order valence-corrected chi connectivity index (χ3v) is 4.53. The molecule has 1 heterocycles. The van der Waals surface area contributed by atoms with Gasteiger partial charge in [-0.3, -0.25) is 4.79 Å². The molecule has 0 aromatic heterocycles. The predicted octanol–water partition coefficient (Wildman–Crippen LogP) is 1.89. The Balaban J connectivity index is 1.99. The molecule has 1 fully saturated rings. The number of benzene rings is 1. The first-order valence-electron chi connectivity index (χ1n) is 7.04. The van der Waals surface area contributed by atoms with E-state index < -0.39 is 10.0 Å². The van der Waals surface area contributed by atoms with Crippen LogP contribution in [0.3, 0.4) is 0 Å². The van der Waals surface area contributed by atoms with Crippen molar-refractivity contribution in [3.63, 3.8) is 0 Å². The van der Waals surface area contributed by atoms with Gasteiger partial charge in [-0.2, -0.15) is 0 Å². The highest BCUT2D eigenvalue weighted by atomic mass is 35.5. The van der Waals surface area contributed by atoms with Crippen LogP contribution < -0.4 is 4.72 Å². The van der Waals surface area contributed by atoms with Gasteiger partial charge in [-0.1, -0.05) is 29.8 Å². The SMILES string of the molecule is CS(=O)(=O)N[C@H]1CCCN(C(=O)/C=C/c2ccccc2Cl)C1. The third kappa shape index (κ3) is 5.12. The summed E-state index contributed by atoms with van der Waals surface area (Å²) in [7, 11) is -3.26. The Morgan fingerprint density at radius 1 is 1.41 bits per heavy atom. The molecule has 1 saturated heterocycles. The van der Waals surface area contributed by atoms with Crippen molar-refractivity contribution in [2.45, 2.75) is 18.9 Å². The minimum absolute atomic E-state index is 0.139. The summed E-state index contributed by atoms with van der Waals surface area (Å²) in [4.78, 5) is 13.9. The molecule has 0 saturated carbocycles. The van der Waals surface area contributed by atoms with E-state index in [1.807, 2.05) is 18.2 Å². The van der Waals surface area contributed by atoms with Gasteiger partial charge in [0.15, 0.2) is 0 Å². The number of carbonyl (C=O) groups is 1. The van der Waals surface area contributed by atoms with Gasteiger partial charge in [0.25, 0.3) is 0 Å². The molecule has 1 atom stereocenters. The molecule has 1 N–H and O–H groups in total. The van der Waals surface area contributed by atoms with Crippen molar-refractivity contribution in [1.29, 1.82) is 0 Å². The average Bonchev–Trinajstić information content (AvgIpc) is 2.44. The highest BCUT2D eigenvalue weighted by Gasteiger charge is 2.24. The standard InChI is InChI=1S/C15H19ClN2O3S/c1-22(20,21)17-13-6-4-10-18(11-13)15(19)9-8-12-5-2-3-7-14(12)16/h2-3,5,7-9,13,17H,4,6,10-11H2,1H3/b9-8+/t13-/m0/s1. The second-order valence-corrected chi connectivity index (χ2v) is 7.56. The number of nitrogens with zero attached hydrogens (tertiary/aromatic N) is 1. The summed E-state index contributed by atoms with van der Waals surface area (Å²) in [5.74, 6) is -0.139. The minimum Gasteiger partial charge on any atom is -0.338 e. The molecule has 1 amide bonds. The van der Waals surface area contributed by atoms with E-state index in [-0.39, 0.29) is 11.9 Å². The molecular weight excluding hydrogens is 324 g/mol. The topological polar surface area (TPSA) is 66.5 Å². The molecule has 120 valence electrons. The molecule has 0 aliphatic carbocycles. The number of sulfonamides is 1. The quantitative estimate of drug-likeness (QED) is 0.850. The summed E-state index contributed by atoms with van der Waals surface area (Å²) in [5.41, 5.74) is 0.778. The van der Waals surface area contributed by atoms with E-state index >= 15 is 0 Å². The zero-order valence-corrected chi connectivity index (χ0v) is 13.9. The van der Waals surface area contributed by atoms with Crippen molar-refractivity contribution in [2.24, 2.45) is 0 Å². The average molecular weight is 343 g/mol. The van der Waals surface area contributed by atoms with Crippen molar-refractivity contribution >= 4 is 33.6 Å². The highest BCUT2D eigenvalue weighted by Crippen LogP contribution is 2.17. The van der Waals surface area contributed by atoms with Gasteiger partial charge in [0.1, 0.15) is 0 Å². The Morgan fingerprint density at radius 2 is 2.14 bits per heavy atom. The first-order chi connectivity index (χ1) is 10.3. The number of hydrogen-bond acceptors (Lipinski definition) is 3. The minimum atomic E-state index is -3.26. The largest absolute Gasteiger partial charge is 0.338 e. The van der Waals surface area contributed by atoms with E-state index in [4.69, 9.17) is 11.6 Å². The lowest BCUT2D eigenvalue weighted by molar-refractivity contribution is -0.127. The summed E-state index contributed by atoms with van der Waals surface area (Å²) in [6, 6.07) is 7.05. The number of piperidine rings is 1. The van der Waals surface area contributed by atoms with Crippen LogP contribution in [0.4, 0.5) is 0 Å². The molecule has 5 nitrogen and oxygen atoms in total. The predicted molar refractivity (Wildman–Crippen MR) is 88.1 cm³/mol. The van der Waals surface area contributed by atoms with Crippen LogP contribution >= 0.6 is 11.6 Å². The molecule has 0 radical (unpaired) electrons. The number of hydrogen-bond donors (Lipinski definition) is 1. The number of rotatable bonds is 4. The van der Waals surface area contributed by atoms with Crippen LogP contribution in [-0.2, 0) is 14.8 Å². The van der Waals surface area contributed by atoms with Crippen LogP contribution in [0.15, 0.2) is 30.3 Å². The van der Waals surface area contributed by atoms with Gasteiger partial charge in [0, 0.05) is 30.2 Å². The molecule has 22 heavy (non-hydrogen) atoms. The normalized spacial score (nSPS) is 19.5. The van der Waals surface area contributed by atoms with Crippen molar-refractivity contribution in [3.8, 4) is 0 Å². The Hall–Kier alpha value is -1.37. The number of likely N-dealkylation sites (tertiary alicyclic amines) is 1. The van der Waals surface area contributed by atoms with Crippen LogP contribution in [-0.4, -0.2) is 44.6 Å². The van der Waals surface area contributed by atoms with E-state index in [1.165, 1.54) is 6.08 Å². The number of halogens is 1. The van der Waals surface area contributed by atoms with E-state index in [0.717, 1.165) is 24.7 Å². The molecule has 2 rings (SSSR count). The summed E-state index contributed by atoms with van der Waals surface area (Å²) < 4.78 is 25.1. The van der Waals surface area contributed by atoms with Crippen molar-refractivity contribution < 1.29 is 13.2 Å². The number of nitrogens with one attached hydrogen (secondary N) is 1. The molecule has 0 unspecified atom stereocenters. The Kier molecular flexibility index (Phi) is 5.61. The second kappa shape index (κ2) is 7.26. The van der Waals surface area contributed by atoms with Crippen LogP contribution in [0, 0.1) is 0 Å². The number of carbonyl (C=O) groups excluding carboxylic acids is 1. The lowest BCUT2D eigenvalue weighted by Crippen LogP contribution is -2.48. The second-order valence-electron chi connectivity index (χ2n) is 5.37. The van der Waals surface area contributed by atoms with Crippen LogP contribution in [0.25, 0.3) is 6.08 Å². The third-order valence-electron chi connectivity index (χ3n) is 3.42. The maximum Gasteiger partial charge on any atom is 0.246 e. The fourth-order valence-corrected chi connectivity index (χ4v) is 3.45. The van der Waals surface area contributed by atoms with Crippen LogP contribution in [0.1, 0.15) is 18.4 Å². The zero-order valence-electron chi connectivity index (χ0n) is 12.3. The van der Waals surface area contributed by atoms with Crippen LogP contribution in [0.5, 0.6) is 0 Å². The van der Waals surface area contributed by atoms with Gasteiger partial charge in [-0.05, 0) is 30.5 Å². The van der Waals surface area contributed by atoms with Crippen molar-refractivity contribution in [3.05, 3.63) is 40.9 Å². The van der Waals surface area contributed by atoms with E-state index in [0.29, 0.717) is 18.1 Å². The van der Waals surface area contributed by atoms with Crippen LogP contribution in [0.2, 0.25) is 5.02 Å². The molecule has 1 aliphatic heterocycles. The van der Waals surface area contributed by atoms with Gasteiger partial charge in [0.05, 0.1) is 6.26 Å².